The Balaban J connectivity index is 1.56. The number of benzene rings is 1. The van der Waals surface area contributed by atoms with E-state index in [1.54, 1.807) is 30.6 Å². The van der Waals surface area contributed by atoms with E-state index in [0.717, 1.165) is 5.56 Å². The SMILES string of the molecule is COc1ccc(C(=O)Nc2c(Cl)cncc2Cl)c2c1OCC2CC(=O)NCc1cccnc1. The molecule has 1 aliphatic rings. The van der Waals surface area contributed by atoms with Gasteiger partial charge in [-0.25, -0.2) is 0 Å². The lowest BCUT2D eigenvalue weighted by molar-refractivity contribution is -0.121. The Bertz CT molecular complexity index is 1170. The summed E-state index contributed by atoms with van der Waals surface area (Å²) in [4.78, 5) is 33.7. The summed E-state index contributed by atoms with van der Waals surface area (Å²) in [5.41, 5.74) is 2.09. The van der Waals surface area contributed by atoms with Crippen molar-refractivity contribution in [2.24, 2.45) is 0 Å². The number of carbonyl (C=O) groups is 2. The second-order valence-electron chi connectivity index (χ2n) is 7.34. The van der Waals surface area contributed by atoms with Crippen molar-refractivity contribution in [2.45, 2.75) is 18.9 Å². The van der Waals surface area contributed by atoms with Crippen molar-refractivity contribution in [1.82, 2.24) is 15.3 Å². The van der Waals surface area contributed by atoms with Crippen LogP contribution in [0.2, 0.25) is 10.0 Å². The largest absolute Gasteiger partial charge is 0.493 e. The van der Waals surface area contributed by atoms with Crippen LogP contribution in [-0.4, -0.2) is 35.5 Å². The molecule has 0 bridgehead atoms. The second kappa shape index (κ2) is 10.1. The fourth-order valence-electron chi connectivity index (χ4n) is 3.63. The highest BCUT2D eigenvalue weighted by molar-refractivity contribution is 6.39. The van der Waals surface area contributed by atoms with Gasteiger partial charge >= 0.3 is 0 Å². The fourth-order valence-corrected chi connectivity index (χ4v) is 4.09. The van der Waals surface area contributed by atoms with Crippen LogP contribution in [0, 0.1) is 0 Å². The average molecular weight is 487 g/mol. The minimum atomic E-state index is -0.435. The normalized spacial score (nSPS) is 14.2. The molecule has 8 nitrogen and oxygen atoms in total. The number of amides is 2. The summed E-state index contributed by atoms with van der Waals surface area (Å²) in [5, 5.41) is 6.04. The van der Waals surface area contributed by atoms with Gasteiger partial charge in [-0.2, -0.15) is 0 Å². The maximum atomic E-state index is 13.2. The molecule has 0 aliphatic carbocycles. The Morgan fingerprint density at radius 2 is 1.94 bits per heavy atom. The van der Waals surface area contributed by atoms with Crippen molar-refractivity contribution >= 4 is 40.7 Å². The molecule has 2 aromatic heterocycles. The number of pyridine rings is 2. The third-order valence-electron chi connectivity index (χ3n) is 5.20. The Labute approximate surface area is 200 Å². The van der Waals surface area contributed by atoms with E-state index in [0.29, 0.717) is 29.2 Å². The molecule has 2 amide bonds. The smallest absolute Gasteiger partial charge is 0.256 e. The first-order chi connectivity index (χ1) is 16.0. The Kier molecular flexibility index (Phi) is 6.96. The Morgan fingerprint density at radius 1 is 1.15 bits per heavy atom. The van der Waals surface area contributed by atoms with Crippen molar-refractivity contribution in [3.63, 3.8) is 0 Å². The van der Waals surface area contributed by atoms with Gasteiger partial charge in [-0.3, -0.25) is 19.6 Å². The maximum absolute atomic E-state index is 13.2. The maximum Gasteiger partial charge on any atom is 0.256 e. The van der Waals surface area contributed by atoms with E-state index in [1.165, 1.54) is 19.5 Å². The number of anilines is 1. The van der Waals surface area contributed by atoms with Crippen LogP contribution in [0.1, 0.15) is 33.8 Å². The monoisotopic (exact) mass is 486 g/mol. The van der Waals surface area contributed by atoms with Crippen molar-refractivity contribution in [3.05, 3.63) is 75.8 Å². The summed E-state index contributed by atoms with van der Waals surface area (Å²) in [6, 6.07) is 6.96. The van der Waals surface area contributed by atoms with Crippen LogP contribution >= 0.6 is 23.2 Å². The van der Waals surface area contributed by atoms with Gasteiger partial charge in [0.1, 0.15) is 0 Å². The van der Waals surface area contributed by atoms with Gasteiger partial charge < -0.3 is 20.1 Å². The minimum Gasteiger partial charge on any atom is -0.493 e. The number of aromatic nitrogens is 2. The third-order valence-corrected chi connectivity index (χ3v) is 5.77. The van der Waals surface area contributed by atoms with Gasteiger partial charge in [0.15, 0.2) is 11.5 Å². The Morgan fingerprint density at radius 3 is 2.64 bits per heavy atom. The number of hydrogen-bond acceptors (Lipinski definition) is 6. The minimum absolute atomic E-state index is 0.136. The summed E-state index contributed by atoms with van der Waals surface area (Å²) in [5.74, 6) is -0.0140. The second-order valence-corrected chi connectivity index (χ2v) is 8.15. The van der Waals surface area contributed by atoms with E-state index in [9.17, 15) is 9.59 Å². The van der Waals surface area contributed by atoms with Crippen molar-refractivity contribution in [1.29, 1.82) is 0 Å². The molecule has 1 atom stereocenters. The number of carbonyl (C=O) groups excluding carboxylic acids is 2. The molecule has 4 rings (SSSR count). The van der Waals surface area contributed by atoms with Gasteiger partial charge in [0.2, 0.25) is 5.91 Å². The predicted molar refractivity (Wildman–Crippen MR) is 124 cm³/mol. The van der Waals surface area contributed by atoms with Gasteiger partial charge in [-0.05, 0) is 23.8 Å². The van der Waals surface area contributed by atoms with Gasteiger partial charge in [-0.1, -0.05) is 29.3 Å². The van der Waals surface area contributed by atoms with E-state index in [1.807, 2.05) is 6.07 Å². The zero-order valence-corrected chi connectivity index (χ0v) is 19.1. The molecule has 0 fully saturated rings. The highest BCUT2D eigenvalue weighted by Crippen LogP contribution is 2.45. The molecule has 0 saturated carbocycles. The van der Waals surface area contributed by atoms with E-state index in [-0.39, 0.29) is 40.6 Å². The lowest BCUT2D eigenvalue weighted by atomic mass is 9.92. The molecule has 1 aromatic carbocycles. The number of rotatable bonds is 7. The van der Waals surface area contributed by atoms with E-state index >= 15 is 0 Å². The van der Waals surface area contributed by atoms with Crippen LogP contribution < -0.4 is 20.1 Å². The zero-order valence-electron chi connectivity index (χ0n) is 17.6. The van der Waals surface area contributed by atoms with Gasteiger partial charge in [0, 0.05) is 54.8 Å². The molecule has 33 heavy (non-hydrogen) atoms. The van der Waals surface area contributed by atoms with Crippen molar-refractivity contribution in [3.8, 4) is 11.5 Å². The molecule has 2 N–H and O–H groups in total. The molecule has 3 aromatic rings. The van der Waals surface area contributed by atoms with Crippen LogP contribution in [0.4, 0.5) is 5.69 Å². The molecule has 170 valence electrons. The summed E-state index contributed by atoms with van der Waals surface area (Å²) >= 11 is 12.3. The number of halogens is 2. The molecule has 0 radical (unpaired) electrons. The predicted octanol–water partition coefficient (Wildman–Crippen LogP) is 4.23. The lowest BCUT2D eigenvalue weighted by Gasteiger charge is -2.15. The van der Waals surface area contributed by atoms with Gasteiger partial charge in [-0.15, -0.1) is 0 Å². The fraction of sp³-hybridized carbons (Fsp3) is 0.217. The van der Waals surface area contributed by atoms with Crippen LogP contribution in [0.25, 0.3) is 0 Å². The Hall–Kier alpha value is -3.36. The quantitative estimate of drug-likeness (QED) is 0.517. The highest BCUT2D eigenvalue weighted by Gasteiger charge is 2.34. The summed E-state index contributed by atoms with van der Waals surface area (Å²) in [6.07, 6.45) is 6.28. The zero-order chi connectivity index (χ0) is 23.4. The first-order valence-corrected chi connectivity index (χ1v) is 10.8. The lowest BCUT2D eigenvalue weighted by Crippen LogP contribution is -2.25. The van der Waals surface area contributed by atoms with E-state index < -0.39 is 5.91 Å². The molecule has 1 unspecified atom stereocenters. The van der Waals surface area contributed by atoms with Crippen molar-refractivity contribution in [2.75, 3.05) is 19.0 Å². The van der Waals surface area contributed by atoms with E-state index in [2.05, 4.69) is 20.6 Å². The standard InChI is InChI=1S/C23H20Cl2N4O4/c1-32-18-5-4-15(23(31)29-21-16(24)10-27-11-17(21)25)20-14(12-33-22(18)20)7-19(30)28-9-13-3-2-6-26-8-13/h2-6,8,10-11,14H,7,9,12H2,1H3,(H,28,30)(H,27,29,31). The van der Waals surface area contributed by atoms with E-state index in [4.69, 9.17) is 32.7 Å². The summed E-state index contributed by atoms with van der Waals surface area (Å²) in [7, 11) is 1.52. The van der Waals surface area contributed by atoms with Crippen LogP contribution in [0.3, 0.4) is 0 Å². The van der Waals surface area contributed by atoms with Crippen LogP contribution in [-0.2, 0) is 11.3 Å². The average Bonchev–Trinajstić information content (AvgIpc) is 3.24. The topological polar surface area (TPSA) is 102 Å². The summed E-state index contributed by atoms with van der Waals surface area (Å²) < 4.78 is 11.2. The molecule has 1 aliphatic heterocycles. The number of fused-ring (bicyclic) bond motifs is 1. The number of hydrogen-bond donors (Lipinski definition) is 2. The number of nitrogens with one attached hydrogen (secondary N) is 2. The number of nitrogens with zero attached hydrogens (tertiary/aromatic N) is 2. The van der Waals surface area contributed by atoms with Crippen molar-refractivity contribution < 1.29 is 19.1 Å². The number of methoxy groups -OCH3 is 1. The first-order valence-electron chi connectivity index (χ1n) is 10.1. The molecule has 10 heteroatoms. The summed E-state index contributed by atoms with van der Waals surface area (Å²) in [6.45, 7) is 0.602. The number of ether oxygens (including phenoxy) is 2. The van der Waals surface area contributed by atoms with Gasteiger partial charge in [0.05, 0.1) is 29.4 Å². The molecular weight excluding hydrogens is 467 g/mol. The van der Waals surface area contributed by atoms with Gasteiger partial charge in [0.25, 0.3) is 5.91 Å². The molecular formula is C23H20Cl2N4O4. The molecule has 0 saturated heterocycles. The van der Waals surface area contributed by atoms with Crippen LogP contribution in [0.15, 0.2) is 49.1 Å². The highest BCUT2D eigenvalue weighted by atomic mass is 35.5. The molecule has 0 spiro atoms. The van der Waals surface area contributed by atoms with Crippen LogP contribution in [0.5, 0.6) is 11.5 Å². The third kappa shape index (κ3) is 5.02. The first kappa shape index (κ1) is 22.8. The molecule has 3 heterocycles.